The Hall–Kier alpha value is -2.63. The summed E-state index contributed by atoms with van der Waals surface area (Å²) < 4.78 is 5.36. The van der Waals surface area contributed by atoms with Gasteiger partial charge in [0, 0.05) is 11.2 Å². The molecular weight excluding hydrogens is 422 g/mol. The molecule has 2 rings (SSSR count). The summed E-state index contributed by atoms with van der Waals surface area (Å²) in [7, 11) is 1.66. The monoisotopic (exact) mass is 455 g/mol. The van der Waals surface area contributed by atoms with Crippen molar-refractivity contribution in [2.75, 3.05) is 13.7 Å². The molecule has 1 aliphatic carbocycles. The van der Waals surface area contributed by atoms with Gasteiger partial charge in [-0.05, 0) is 73.1 Å². The molecule has 0 atom stereocenters. The first-order chi connectivity index (χ1) is 15.4. The van der Waals surface area contributed by atoms with Crippen LogP contribution in [0.4, 0.5) is 0 Å². The van der Waals surface area contributed by atoms with Gasteiger partial charge in [0.25, 0.3) is 0 Å². The summed E-state index contributed by atoms with van der Waals surface area (Å²) >= 11 is 6.57. The maximum Gasteiger partial charge on any atom is 0.239 e. The van der Waals surface area contributed by atoms with Gasteiger partial charge in [-0.2, -0.15) is 0 Å². The van der Waals surface area contributed by atoms with Crippen molar-refractivity contribution in [3.63, 3.8) is 0 Å². The van der Waals surface area contributed by atoms with Crippen LogP contribution in [0.1, 0.15) is 51.2 Å². The van der Waals surface area contributed by atoms with Gasteiger partial charge in [0.1, 0.15) is 11.6 Å². The number of unbranched alkanes of at least 4 members (excludes halogenated alkanes) is 1. The van der Waals surface area contributed by atoms with Crippen LogP contribution in [0, 0.1) is 0 Å². The predicted molar refractivity (Wildman–Crippen MR) is 134 cm³/mol. The Morgan fingerprint density at radius 2 is 2.09 bits per heavy atom. The molecular formula is C26H34ClN3O2. The quantitative estimate of drug-likeness (QED) is 0.436. The van der Waals surface area contributed by atoms with Crippen molar-refractivity contribution in [2.24, 2.45) is 10.7 Å². The van der Waals surface area contributed by atoms with E-state index < -0.39 is 0 Å². The van der Waals surface area contributed by atoms with Gasteiger partial charge in [0.2, 0.25) is 5.91 Å². The minimum atomic E-state index is -0.251. The molecule has 5 nitrogen and oxygen atoms in total. The van der Waals surface area contributed by atoms with Crippen LogP contribution in [-0.2, 0) is 17.6 Å². The molecule has 0 bridgehead atoms. The second kappa shape index (κ2) is 13.0. The lowest BCUT2D eigenvalue weighted by atomic mass is 9.95. The maximum atomic E-state index is 11.7. The third-order valence-corrected chi connectivity index (χ3v) is 5.66. The Morgan fingerprint density at radius 3 is 2.72 bits per heavy atom. The van der Waals surface area contributed by atoms with Crippen molar-refractivity contribution in [1.29, 1.82) is 0 Å². The zero-order valence-corrected chi connectivity index (χ0v) is 20.3. The molecule has 1 aliphatic rings. The number of nitrogens with one attached hydrogen (secondary N) is 1. The molecule has 1 amide bonds. The average molecular weight is 456 g/mol. The van der Waals surface area contributed by atoms with E-state index in [1.807, 2.05) is 25.1 Å². The standard InChI is InChI=1S/C26H34ClN3O2/c1-5-8-9-25(30-26(31)16-28)29-17-20(7-3)21-11-10-18(12-21)13-23-19(6-2)14-22(32-4)15-24(23)27/h7,9-11,14-15,17H,5-6,8,12-13,16,28H2,1-4H3,(H,30,31)/b20-7+,25-9-,29-17+. The number of benzene rings is 1. The van der Waals surface area contributed by atoms with Gasteiger partial charge in [0.05, 0.1) is 13.7 Å². The predicted octanol–water partition coefficient (Wildman–Crippen LogP) is 5.44. The van der Waals surface area contributed by atoms with Crippen LogP contribution in [0.15, 0.2) is 64.0 Å². The molecule has 172 valence electrons. The molecule has 0 heterocycles. The number of allylic oxidation sites excluding steroid dienone is 7. The minimum Gasteiger partial charge on any atom is -0.497 e. The molecule has 32 heavy (non-hydrogen) atoms. The minimum absolute atomic E-state index is 0.0679. The number of ether oxygens (including phenoxy) is 1. The molecule has 0 saturated carbocycles. The molecule has 0 aliphatic heterocycles. The molecule has 1 aromatic rings. The number of halogens is 1. The molecule has 0 radical (unpaired) electrons. The van der Waals surface area contributed by atoms with Crippen LogP contribution in [0.25, 0.3) is 0 Å². The fourth-order valence-corrected chi connectivity index (χ4v) is 3.81. The SMILES string of the molecule is C\C=C(/C=N/C(=C/CCC)NC(=O)CN)C1=CC=C(Cc2c(Cl)cc(OC)cc2CC)C1. The summed E-state index contributed by atoms with van der Waals surface area (Å²) in [5, 5.41) is 3.50. The number of rotatable bonds is 11. The van der Waals surface area contributed by atoms with Crippen molar-refractivity contribution in [3.05, 3.63) is 75.1 Å². The first kappa shape index (κ1) is 25.6. The largest absolute Gasteiger partial charge is 0.497 e. The highest BCUT2D eigenvalue weighted by atomic mass is 35.5. The first-order valence-corrected chi connectivity index (χ1v) is 11.5. The number of carbonyl (C=O) groups is 1. The number of hydrogen-bond donors (Lipinski definition) is 2. The van der Waals surface area contributed by atoms with Crippen molar-refractivity contribution in [3.8, 4) is 5.75 Å². The molecule has 0 spiro atoms. The second-order valence-corrected chi connectivity index (χ2v) is 8.01. The van der Waals surface area contributed by atoms with Gasteiger partial charge in [0.15, 0.2) is 0 Å². The lowest BCUT2D eigenvalue weighted by Gasteiger charge is -2.14. The van der Waals surface area contributed by atoms with Crippen LogP contribution in [0.3, 0.4) is 0 Å². The topological polar surface area (TPSA) is 76.7 Å². The number of aryl methyl sites for hydroxylation is 1. The number of aliphatic imine (C=N–C) groups is 1. The van der Waals surface area contributed by atoms with Crippen molar-refractivity contribution >= 4 is 23.7 Å². The molecule has 0 aromatic heterocycles. The normalized spacial score (nSPS) is 14.6. The van der Waals surface area contributed by atoms with Crippen LogP contribution in [-0.4, -0.2) is 25.8 Å². The fraction of sp³-hybridized carbons (Fsp3) is 0.385. The Labute approximate surface area is 196 Å². The number of nitrogens with zero attached hydrogens (tertiary/aromatic N) is 1. The van der Waals surface area contributed by atoms with Gasteiger partial charge in [-0.1, -0.05) is 55.7 Å². The van der Waals surface area contributed by atoms with Gasteiger partial charge in [-0.25, -0.2) is 4.99 Å². The van der Waals surface area contributed by atoms with E-state index in [0.29, 0.717) is 5.82 Å². The van der Waals surface area contributed by atoms with Crippen LogP contribution >= 0.6 is 11.6 Å². The Kier molecular flexibility index (Phi) is 10.4. The fourth-order valence-electron chi connectivity index (χ4n) is 3.52. The molecule has 1 aromatic carbocycles. The van der Waals surface area contributed by atoms with Crippen molar-refractivity contribution in [1.82, 2.24) is 5.32 Å². The molecule has 0 unspecified atom stereocenters. The van der Waals surface area contributed by atoms with E-state index in [-0.39, 0.29) is 12.5 Å². The highest BCUT2D eigenvalue weighted by molar-refractivity contribution is 6.31. The Balaban J connectivity index is 2.10. The summed E-state index contributed by atoms with van der Waals surface area (Å²) in [6, 6.07) is 3.94. The number of amides is 1. The average Bonchev–Trinajstić information content (AvgIpc) is 3.26. The van der Waals surface area contributed by atoms with Crippen LogP contribution < -0.4 is 15.8 Å². The molecule has 3 N–H and O–H groups in total. The summed E-state index contributed by atoms with van der Waals surface area (Å²) in [5.74, 6) is 1.07. The van der Waals surface area contributed by atoms with Gasteiger partial charge in [-0.3, -0.25) is 4.79 Å². The Morgan fingerprint density at radius 1 is 1.31 bits per heavy atom. The van der Waals surface area contributed by atoms with Crippen molar-refractivity contribution in [2.45, 2.75) is 52.9 Å². The van der Waals surface area contributed by atoms with E-state index in [4.69, 9.17) is 22.1 Å². The van der Waals surface area contributed by atoms with E-state index >= 15 is 0 Å². The third-order valence-electron chi connectivity index (χ3n) is 5.32. The second-order valence-electron chi connectivity index (χ2n) is 7.60. The first-order valence-electron chi connectivity index (χ1n) is 11.1. The summed E-state index contributed by atoms with van der Waals surface area (Å²) in [6.45, 7) is 6.13. The maximum absolute atomic E-state index is 11.7. The smallest absolute Gasteiger partial charge is 0.239 e. The number of hydrogen-bond acceptors (Lipinski definition) is 4. The third kappa shape index (κ3) is 7.21. The lowest BCUT2D eigenvalue weighted by Crippen LogP contribution is -2.29. The summed E-state index contributed by atoms with van der Waals surface area (Å²) in [6.07, 6.45) is 14.4. The van der Waals surface area contributed by atoms with E-state index in [0.717, 1.165) is 54.0 Å². The van der Waals surface area contributed by atoms with E-state index in [1.165, 1.54) is 16.7 Å². The summed E-state index contributed by atoms with van der Waals surface area (Å²) in [4.78, 5) is 16.2. The molecule has 6 heteroatoms. The Bertz CT molecular complexity index is 972. The zero-order valence-electron chi connectivity index (χ0n) is 19.5. The number of nitrogens with two attached hydrogens (primary N) is 1. The van der Waals surface area contributed by atoms with Crippen molar-refractivity contribution < 1.29 is 9.53 Å². The van der Waals surface area contributed by atoms with Gasteiger partial charge >= 0.3 is 0 Å². The van der Waals surface area contributed by atoms with Gasteiger partial charge in [-0.15, -0.1) is 0 Å². The zero-order chi connectivity index (χ0) is 23.5. The van der Waals surface area contributed by atoms with E-state index in [9.17, 15) is 4.79 Å². The number of methoxy groups -OCH3 is 1. The molecule has 0 saturated heterocycles. The highest BCUT2D eigenvalue weighted by Gasteiger charge is 2.16. The van der Waals surface area contributed by atoms with E-state index in [2.05, 4.69) is 42.4 Å². The van der Waals surface area contributed by atoms with Crippen LogP contribution in [0.5, 0.6) is 5.75 Å². The number of carbonyl (C=O) groups excluding carboxylic acids is 1. The molecule has 0 fully saturated rings. The highest BCUT2D eigenvalue weighted by Crippen LogP contribution is 2.33. The van der Waals surface area contributed by atoms with E-state index in [1.54, 1.807) is 13.3 Å². The summed E-state index contributed by atoms with van der Waals surface area (Å²) in [5.41, 5.74) is 11.3. The van der Waals surface area contributed by atoms with Crippen LogP contribution in [0.2, 0.25) is 5.02 Å². The van der Waals surface area contributed by atoms with Gasteiger partial charge < -0.3 is 15.8 Å². The lowest BCUT2D eigenvalue weighted by molar-refractivity contribution is -0.119.